The third-order valence-electron chi connectivity index (χ3n) is 5.69. The second-order valence-electron chi connectivity index (χ2n) is 7.81. The number of aryl methyl sites for hydroxylation is 1. The number of hydrogen-bond donors (Lipinski definition) is 2. The highest BCUT2D eigenvalue weighted by atomic mass is 32.2. The zero-order chi connectivity index (χ0) is 19.9. The van der Waals surface area contributed by atoms with Gasteiger partial charge in [-0.15, -0.1) is 11.8 Å². The van der Waals surface area contributed by atoms with E-state index in [2.05, 4.69) is 15.2 Å². The molecule has 1 aromatic rings. The molecule has 2 fully saturated rings. The van der Waals surface area contributed by atoms with E-state index in [-0.39, 0.29) is 12.5 Å². The molecule has 2 amide bonds. The molecule has 2 aliphatic carbocycles. The fourth-order valence-corrected chi connectivity index (χ4v) is 6.43. The summed E-state index contributed by atoms with van der Waals surface area (Å²) in [5, 5.41) is 12.5. The second kappa shape index (κ2) is 10.5. The first-order valence-corrected chi connectivity index (χ1v) is 12.3. The number of aromatic nitrogens is 1. The van der Waals surface area contributed by atoms with E-state index in [1.165, 1.54) is 61.6 Å². The van der Waals surface area contributed by atoms with Crippen molar-refractivity contribution in [3.8, 4) is 0 Å². The number of anilines is 1. The third kappa shape index (κ3) is 5.86. The molecule has 1 aromatic heterocycles. The van der Waals surface area contributed by atoms with E-state index in [9.17, 15) is 9.59 Å². The number of amides is 2. The summed E-state index contributed by atoms with van der Waals surface area (Å²) < 4.78 is 0.985. The van der Waals surface area contributed by atoms with Gasteiger partial charge in [0.15, 0.2) is 5.13 Å². The minimum Gasteiger partial charge on any atom is -0.481 e. The number of aliphatic carboxylic acids is 1. The highest BCUT2D eigenvalue weighted by molar-refractivity contribution is 8.01. The van der Waals surface area contributed by atoms with Crippen LogP contribution in [0.5, 0.6) is 0 Å². The van der Waals surface area contributed by atoms with Gasteiger partial charge >= 0.3 is 12.0 Å². The highest BCUT2D eigenvalue weighted by Gasteiger charge is 2.33. The molecule has 0 bridgehead atoms. The Morgan fingerprint density at radius 3 is 2.21 bits per heavy atom. The molecule has 0 atom stereocenters. The Balaban J connectivity index is 1.66. The van der Waals surface area contributed by atoms with Crippen LogP contribution in [0, 0.1) is 6.92 Å². The maximum absolute atomic E-state index is 13.2. The summed E-state index contributed by atoms with van der Waals surface area (Å²) in [6.45, 7) is 1.91. The van der Waals surface area contributed by atoms with E-state index in [1.54, 1.807) is 0 Å². The lowest BCUT2D eigenvalue weighted by molar-refractivity contribution is -0.136. The summed E-state index contributed by atoms with van der Waals surface area (Å²) in [7, 11) is 0. The van der Waals surface area contributed by atoms with Gasteiger partial charge < -0.3 is 10.0 Å². The van der Waals surface area contributed by atoms with Crippen molar-refractivity contribution in [2.75, 3.05) is 11.1 Å². The molecule has 0 saturated heterocycles. The third-order valence-corrected chi connectivity index (χ3v) is 8.12. The Kier molecular flexibility index (Phi) is 8.02. The molecule has 2 N–H and O–H groups in total. The molecule has 2 aliphatic rings. The molecule has 0 unspecified atom stereocenters. The smallest absolute Gasteiger partial charge is 0.324 e. The Hall–Kier alpha value is -1.28. The molecule has 0 aliphatic heterocycles. The van der Waals surface area contributed by atoms with Gasteiger partial charge in [-0.1, -0.05) is 49.9 Å². The van der Waals surface area contributed by atoms with E-state index in [0.29, 0.717) is 23.0 Å². The number of carboxylic acid groups (broad SMARTS) is 1. The number of hydrogen-bond acceptors (Lipinski definition) is 5. The van der Waals surface area contributed by atoms with Gasteiger partial charge in [0.05, 0.1) is 16.3 Å². The van der Waals surface area contributed by atoms with Gasteiger partial charge in [-0.05, 0) is 32.6 Å². The van der Waals surface area contributed by atoms with Crippen LogP contribution >= 0.6 is 23.1 Å². The van der Waals surface area contributed by atoms with Crippen molar-refractivity contribution in [3.05, 3.63) is 5.69 Å². The fraction of sp³-hybridized carbons (Fsp3) is 0.750. The lowest BCUT2D eigenvalue weighted by Gasteiger charge is -2.41. The summed E-state index contributed by atoms with van der Waals surface area (Å²) in [6.07, 6.45) is 12.0. The van der Waals surface area contributed by atoms with Gasteiger partial charge in [-0.3, -0.25) is 10.1 Å². The molecule has 1 heterocycles. The van der Waals surface area contributed by atoms with E-state index >= 15 is 0 Å². The topological polar surface area (TPSA) is 82.5 Å². The van der Waals surface area contributed by atoms with Crippen LogP contribution in [0.25, 0.3) is 0 Å². The van der Waals surface area contributed by atoms with Crippen LogP contribution < -0.4 is 5.32 Å². The number of thioether (sulfide) groups is 1. The van der Waals surface area contributed by atoms with Gasteiger partial charge in [0, 0.05) is 17.8 Å². The van der Waals surface area contributed by atoms with Crippen molar-refractivity contribution < 1.29 is 14.7 Å². The lowest BCUT2D eigenvalue weighted by atomic mass is 9.89. The minimum absolute atomic E-state index is 0.00497. The van der Waals surface area contributed by atoms with Crippen molar-refractivity contribution >= 4 is 40.2 Å². The van der Waals surface area contributed by atoms with E-state index in [1.807, 2.05) is 6.92 Å². The van der Waals surface area contributed by atoms with Gasteiger partial charge in [0.25, 0.3) is 0 Å². The minimum atomic E-state index is -0.793. The molecule has 0 spiro atoms. The molecular formula is C20H31N3O3S2. The predicted molar refractivity (Wildman–Crippen MR) is 114 cm³/mol. The van der Waals surface area contributed by atoms with Crippen molar-refractivity contribution in [3.63, 3.8) is 0 Å². The first-order valence-electron chi connectivity index (χ1n) is 10.5. The average Bonchev–Trinajstić information content (AvgIpc) is 3.02. The molecule has 28 heavy (non-hydrogen) atoms. The summed E-state index contributed by atoms with van der Waals surface area (Å²) in [6, 6.07) is 0.694. The van der Waals surface area contributed by atoms with Gasteiger partial charge in [-0.25, -0.2) is 9.78 Å². The van der Waals surface area contributed by atoms with Crippen molar-refractivity contribution in [2.45, 2.75) is 93.8 Å². The first-order chi connectivity index (χ1) is 13.5. The zero-order valence-corrected chi connectivity index (χ0v) is 18.2. The number of urea groups is 1. The standard InChI is InChI=1S/C20H31N3O3S2/c1-14-18(27-13-12-17(24)25)28-19(21-14)22-20(26)23(15-8-4-2-5-9-15)16-10-6-3-7-11-16/h15-16H,2-13H2,1H3,(H,24,25)(H,21,22,26). The van der Waals surface area contributed by atoms with Crippen LogP contribution in [0.3, 0.4) is 0 Å². The van der Waals surface area contributed by atoms with Gasteiger partial charge in [-0.2, -0.15) is 0 Å². The largest absolute Gasteiger partial charge is 0.481 e. The van der Waals surface area contributed by atoms with Gasteiger partial charge in [0.2, 0.25) is 0 Å². The molecule has 0 radical (unpaired) electrons. The molecule has 8 heteroatoms. The summed E-state index contributed by atoms with van der Waals surface area (Å²) in [5.41, 5.74) is 0.859. The molecular weight excluding hydrogens is 394 g/mol. The number of thiazole rings is 1. The number of carbonyl (C=O) groups is 2. The molecule has 0 aromatic carbocycles. The second-order valence-corrected chi connectivity index (χ2v) is 10.2. The van der Waals surface area contributed by atoms with Crippen molar-refractivity contribution in [1.29, 1.82) is 0 Å². The number of carboxylic acids is 1. The van der Waals surface area contributed by atoms with Crippen LogP contribution in [-0.2, 0) is 4.79 Å². The van der Waals surface area contributed by atoms with Crippen molar-refractivity contribution in [1.82, 2.24) is 9.88 Å². The Morgan fingerprint density at radius 1 is 1.11 bits per heavy atom. The van der Waals surface area contributed by atoms with Crippen LogP contribution in [-0.4, -0.2) is 44.8 Å². The Bertz CT molecular complexity index is 650. The quantitative estimate of drug-likeness (QED) is 0.562. The van der Waals surface area contributed by atoms with Crippen molar-refractivity contribution in [2.24, 2.45) is 0 Å². The molecule has 2 saturated carbocycles. The Labute approximate surface area is 175 Å². The van der Waals surface area contributed by atoms with E-state index in [4.69, 9.17) is 5.11 Å². The van der Waals surface area contributed by atoms with Gasteiger partial charge in [0.1, 0.15) is 0 Å². The first kappa shape index (κ1) is 21.4. The fourth-order valence-electron chi connectivity index (χ4n) is 4.31. The van der Waals surface area contributed by atoms with Crippen LogP contribution in [0.2, 0.25) is 0 Å². The number of rotatable bonds is 7. The Morgan fingerprint density at radius 2 is 1.68 bits per heavy atom. The predicted octanol–water partition coefficient (Wildman–Crippen LogP) is 5.52. The lowest BCUT2D eigenvalue weighted by Crippen LogP contribution is -2.50. The summed E-state index contributed by atoms with van der Waals surface area (Å²) in [4.78, 5) is 30.6. The number of nitrogens with one attached hydrogen (secondary N) is 1. The molecule has 156 valence electrons. The summed E-state index contributed by atoms with van der Waals surface area (Å²) in [5.74, 6) is -0.277. The zero-order valence-electron chi connectivity index (χ0n) is 16.6. The normalized spacial score (nSPS) is 18.8. The van der Waals surface area contributed by atoms with Crippen LogP contribution in [0.15, 0.2) is 4.21 Å². The highest BCUT2D eigenvalue weighted by Crippen LogP contribution is 2.34. The monoisotopic (exact) mass is 425 g/mol. The average molecular weight is 426 g/mol. The number of nitrogens with zero attached hydrogens (tertiary/aromatic N) is 2. The van der Waals surface area contributed by atoms with E-state index in [0.717, 1.165) is 35.6 Å². The SMILES string of the molecule is Cc1nc(NC(=O)N(C2CCCCC2)C2CCCCC2)sc1SCCC(=O)O. The summed E-state index contributed by atoms with van der Waals surface area (Å²) >= 11 is 2.95. The van der Waals surface area contributed by atoms with Crippen LogP contribution in [0.1, 0.15) is 76.3 Å². The van der Waals surface area contributed by atoms with Crippen LogP contribution in [0.4, 0.5) is 9.93 Å². The molecule has 3 rings (SSSR count). The van der Waals surface area contributed by atoms with E-state index < -0.39 is 5.97 Å². The maximum atomic E-state index is 13.2. The maximum Gasteiger partial charge on any atom is 0.324 e. The molecule has 6 nitrogen and oxygen atoms in total. The number of carbonyl (C=O) groups excluding carboxylic acids is 1.